The lowest BCUT2D eigenvalue weighted by atomic mass is 10.1. The molecule has 5 aromatic rings. The molecule has 9 heteroatoms. The molecule has 0 saturated heterocycles. The fraction of sp³-hybridized carbons (Fsp3) is 0.120. The van der Waals surface area contributed by atoms with Crippen LogP contribution in [0.4, 0.5) is 4.39 Å². The summed E-state index contributed by atoms with van der Waals surface area (Å²) in [5.41, 5.74) is 1.63. The maximum absolute atomic E-state index is 13.5. The lowest BCUT2D eigenvalue weighted by Gasteiger charge is -2.12. The van der Waals surface area contributed by atoms with Crippen molar-refractivity contribution in [3.63, 3.8) is 0 Å². The highest BCUT2D eigenvalue weighted by molar-refractivity contribution is 7.99. The first-order valence-corrected chi connectivity index (χ1v) is 12.2. The Hall–Kier alpha value is -3.56. The average Bonchev–Trinajstić information content (AvgIpc) is 3.24. The number of benzene rings is 2. The van der Waals surface area contributed by atoms with Crippen molar-refractivity contribution in [1.82, 2.24) is 14.5 Å². The summed E-state index contributed by atoms with van der Waals surface area (Å²) >= 11 is 2.49. The van der Waals surface area contributed by atoms with E-state index < -0.39 is 0 Å². The summed E-state index contributed by atoms with van der Waals surface area (Å²) in [7, 11) is 1.55. The summed E-state index contributed by atoms with van der Waals surface area (Å²) in [6, 6.07) is 16.6. The zero-order valence-electron chi connectivity index (χ0n) is 18.0. The molecule has 3 heterocycles. The Bertz CT molecular complexity index is 1580. The molecule has 0 unspecified atom stereocenters. The molecule has 0 amide bonds. The van der Waals surface area contributed by atoms with E-state index in [9.17, 15) is 14.0 Å². The van der Waals surface area contributed by atoms with E-state index in [-0.39, 0.29) is 29.5 Å². The predicted octanol–water partition coefficient (Wildman–Crippen LogP) is 5.18. The lowest BCUT2D eigenvalue weighted by Crippen LogP contribution is -2.23. The summed E-state index contributed by atoms with van der Waals surface area (Å²) in [4.78, 5) is 36.2. The minimum Gasteiger partial charge on any atom is -0.497 e. The van der Waals surface area contributed by atoms with Crippen molar-refractivity contribution < 1.29 is 13.9 Å². The number of nitrogens with zero attached hydrogens (tertiary/aromatic N) is 3. The standard InChI is InChI=1S/C25H18FN3O3S2/c1-32-18-5-2-4-16(12-18)20(30)14-33-25-28-21-19-6-3-11-27-23(19)34-22(21)24(31)29(25)13-15-7-9-17(26)10-8-15/h2-12H,13-14H2,1H3. The third-order valence-electron chi connectivity index (χ3n) is 5.30. The van der Waals surface area contributed by atoms with E-state index in [0.717, 1.165) is 15.8 Å². The predicted molar refractivity (Wildman–Crippen MR) is 133 cm³/mol. The maximum atomic E-state index is 13.5. The second kappa shape index (κ2) is 9.36. The highest BCUT2D eigenvalue weighted by Crippen LogP contribution is 2.31. The van der Waals surface area contributed by atoms with E-state index in [2.05, 4.69) is 4.98 Å². The van der Waals surface area contributed by atoms with Crippen molar-refractivity contribution in [2.75, 3.05) is 12.9 Å². The molecule has 0 radical (unpaired) electrons. The molecule has 0 bridgehead atoms. The molecular weight excluding hydrogens is 473 g/mol. The van der Waals surface area contributed by atoms with Crippen molar-refractivity contribution in [1.29, 1.82) is 0 Å². The Morgan fingerprint density at radius 1 is 1.15 bits per heavy atom. The Balaban J connectivity index is 1.56. The number of hydrogen-bond acceptors (Lipinski definition) is 7. The summed E-state index contributed by atoms with van der Waals surface area (Å²) in [5, 5.41) is 1.22. The molecule has 6 nitrogen and oxygen atoms in total. The zero-order chi connectivity index (χ0) is 23.7. The van der Waals surface area contributed by atoms with Crippen LogP contribution in [0.15, 0.2) is 76.8 Å². The third kappa shape index (κ3) is 4.32. The number of hydrogen-bond donors (Lipinski definition) is 0. The first-order chi connectivity index (χ1) is 16.5. The average molecular weight is 492 g/mol. The van der Waals surface area contributed by atoms with Gasteiger partial charge in [-0.3, -0.25) is 14.2 Å². The minimum absolute atomic E-state index is 0.0921. The van der Waals surface area contributed by atoms with Gasteiger partial charge in [0.1, 0.15) is 21.1 Å². The van der Waals surface area contributed by atoms with Crippen LogP contribution in [0.1, 0.15) is 15.9 Å². The first kappa shape index (κ1) is 22.2. The Morgan fingerprint density at radius 2 is 1.97 bits per heavy atom. The van der Waals surface area contributed by atoms with Gasteiger partial charge in [0.15, 0.2) is 10.9 Å². The van der Waals surface area contributed by atoms with Crippen LogP contribution >= 0.6 is 23.1 Å². The molecule has 0 aliphatic rings. The van der Waals surface area contributed by atoms with Gasteiger partial charge in [0.2, 0.25) is 0 Å². The quantitative estimate of drug-likeness (QED) is 0.178. The number of pyridine rings is 1. The molecule has 170 valence electrons. The van der Waals surface area contributed by atoms with Crippen LogP contribution in [-0.2, 0) is 6.54 Å². The van der Waals surface area contributed by atoms with E-state index in [0.29, 0.717) is 26.7 Å². The maximum Gasteiger partial charge on any atom is 0.272 e. The number of ether oxygens (including phenoxy) is 1. The molecule has 0 fully saturated rings. The lowest BCUT2D eigenvalue weighted by molar-refractivity contribution is 0.102. The molecule has 3 aromatic heterocycles. The number of methoxy groups -OCH3 is 1. The van der Waals surface area contributed by atoms with Gasteiger partial charge in [-0.25, -0.2) is 14.4 Å². The second-order valence-electron chi connectivity index (χ2n) is 7.49. The van der Waals surface area contributed by atoms with Gasteiger partial charge in [0.25, 0.3) is 5.56 Å². The van der Waals surface area contributed by atoms with Gasteiger partial charge in [0.05, 0.1) is 24.9 Å². The van der Waals surface area contributed by atoms with Crippen LogP contribution in [0.25, 0.3) is 20.4 Å². The summed E-state index contributed by atoms with van der Waals surface area (Å²) in [6.07, 6.45) is 1.68. The van der Waals surface area contributed by atoms with E-state index in [1.54, 1.807) is 55.8 Å². The zero-order valence-corrected chi connectivity index (χ0v) is 19.7. The van der Waals surface area contributed by atoms with Crippen molar-refractivity contribution in [3.8, 4) is 5.75 Å². The number of halogens is 1. The van der Waals surface area contributed by atoms with E-state index in [1.165, 1.54) is 39.8 Å². The van der Waals surface area contributed by atoms with Crippen molar-refractivity contribution in [3.05, 3.63) is 94.2 Å². The van der Waals surface area contributed by atoms with Gasteiger partial charge in [0, 0.05) is 17.1 Å². The van der Waals surface area contributed by atoms with Crippen molar-refractivity contribution in [2.24, 2.45) is 0 Å². The Labute approximate surface area is 202 Å². The van der Waals surface area contributed by atoms with E-state index in [1.807, 2.05) is 6.07 Å². The summed E-state index contributed by atoms with van der Waals surface area (Å²) in [5.74, 6) is 0.234. The van der Waals surface area contributed by atoms with Crippen LogP contribution in [0.5, 0.6) is 5.75 Å². The minimum atomic E-state index is -0.348. The molecule has 0 atom stereocenters. The van der Waals surface area contributed by atoms with Crippen LogP contribution < -0.4 is 10.3 Å². The molecule has 2 aromatic carbocycles. The Morgan fingerprint density at radius 3 is 2.76 bits per heavy atom. The third-order valence-corrected chi connectivity index (χ3v) is 7.36. The molecule has 0 spiro atoms. The van der Waals surface area contributed by atoms with Crippen LogP contribution in [0, 0.1) is 5.82 Å². The van der Waals surface area contributed by atoms with Gasteiger partial charge < -0.3 is 4.74 Å². The van der Waals surface area contributed by atoms with E-state index in [4.69, 9.17) is 9.72 Å². The number of rotatable bonds is 7. The summed E-state index contributed by atoms with van der Waals surface area (Å²) < 4.78 is 20.6. The topological polar surface area (TPSA) is 74.1 Å². The van der Waals surface area contributed by atoms with Crippen LogP contribution in [0.2, 0.25) is 0 Å². The van der Waals surface area contributed by atoms with Gasteiger partial charge in [-0.15, -0.1) is 11.3 Å². The fourth-order valence-electron chi connectivity index (χ4n) is 3.57. The highest BCUT2D eigenvalue weighted by atomic mass is 32.2. The molecule has 0 saturated carbocycles. The van der Waals surface area contributed by atoms with Crippen LogP contribution in [0.3, 0.4) is 0 Å². The number of carbonyl (C=O) groups is 1. The van der Waals surface area contributed by atoms with Gasteiger partial charge in [-0.1, -0.05) is 36.0 Å². The SMILES string of the molecule is COc1cccc(C(=O)CSc2nc3c(sc4ncccc43)c(=O)n2Cc2ccc(F)cc2)c1. The van der Waals surface area contributed by atoms with Gasteiger partial charge in [-0.2, -0.15) is 0 Å². The number of aromatic nitrogens is 3. The molecule has 34 heavy (non-hydrogen) atoms. The molecule has 0 N–H and O–H groups in total. The van der Waals surface area contributed by atoms with E-state index >= 15 is 0 Å². The number of carbonyl (C=O) groups excluding carboxylic acids is 1. The number of fused-ring (bicyclic) bond motifs is 3. The van der Waals surface area contributed by atoms with Gasteiger partial charge >= 0.3 is 0 Å². The number of Topliss-reactive ketones (excluding diaryl/α,β-unsaturated/α-hetero) is 1. The summed E-state index contributed by atoms with van der Waals surface area (Å²) in [6.45, 7) is 0.208. The first-order valence-electron chi connectivity index (χ1n) is 10.4. The van der Waals surface area contributed by atoms with Crippen LogP contribution in [-0.4, -0.2) is 33.2 Å². The Kier molecular flexibility index (Phi) is 6.12. The monoisotopic (exact) mass is 491 g/mol. The van der Waals surface area contributed by atoms with Gasteiger partial charge in [-0.05, 0) is 42.0 Å². The highest BCUT2D eigenvalue weighted by Gasteiger charge is 2.18. The number of ketones is 1. The van der Waals surface area contributed by atoms with Crippen molar-refractivity contribution in [2.45, 2.75) is 11.7 Å². The smallest absolute Gasteiger partial charge is 0.272 e. The molecule has 0 aliphatic heterocycles. The fourth-order valence-corrected chi connectivity index (χ4v) is 5.49. The number of thioether (sulfide) groups is 1. The van der Waals surface area contributed by atoms with Crippen molar-refractivity contribution >= 4 is 49.3 Å². The molecular formula is C25H18FN3O3S2. The second-order valence-corrected chi connectivity index (χ2v) is 9.43. The molecule has 5 rings (SSSR count). The largest absolute Gasteiger partial charge is 0.497 e. The number of thiophene rings is 1. The normalized spacial score (nSPS) is 11.2. The molecule has 0 aliphatic carbocycles.